The van der Waals surface area contributed by atoms with Crippen LogP contribution in [-0.4, -0.2) is 36.7 Å². The quantitative estimate of drug-likeness (QED) is 0.486. The van der Waals surface area contributed by atoms with Crippen molar-refractivity contribution in [2.75, 3.05) is 31.1 Å². The van der Waals surface area contributed by atoms with Gasteiger partial charge in [0.15, 0.2) is 0 Å². The summed E-state index contributed by atoms with van der Waals surface area (Å²) in [4.78, 5) is 0. The van der Waals surface area contributed by atoms with Gasteiger partial charge in [-0.3, -0.25) is 0 Å². The van der Waals surface area contributed by atoms with Crippen molar-refractivity contribution in [2.45, 2.75) is 5.54 Å². The Kier molecular flexibility index (Phi) is 1.43. The first-order chi connectivity index (χ1) is 4.41. The Balaban J connectivity index is 1.93. The molecule has 3 heteroatoms. The molecule has 2 heterocycles. The van der Waals surface area contributed by atoms with E-state index in [-0.39, 0.29) is 0 Å². The van der Waals surface area contributed by atoms with Gasteiger partial charge in [0.05, 0.1) is 0 Å². The molecule has 0 aliphatic carbocycles. The average Bonchev–Trinajstić information content (AvgIpc) is 1.87. The summed E-state index contributed by atoms with van der Waals surface area (Å²) in [6.45, 7) is 3.48. The van der Waals surface area contributed by atoms with Crippen LogP contribution in [0.3, 0.4) is 0 Å². The maximum atomic E-state index is 3.55. The number of piperazine rings is 1. The van der Waals surface area contributed by atoms with Crippen LogP contribution in [0.25, 0.3) is 0 Å². The van der Waals surface area contributed by atoms with E-state index in [9.17, 15) is 0 Å². The van der Waals surface area contributed by atoms with E-state index in [4.69, 9.17) is 0 Å². The summed E-state index contributed by atoms with van der Waals surface area (Å²) in [7, 11) is 0. The van der Waals surface area contributed by atoms with Crippen molar-refractivity contribution in [3.63, 3.8) is 0 Å². The summed E-state index contributed by atoms with van der Waals surface area (Å²) < 4.78 is 0. The van der Waals surface area contributed by atoms with Gasteiger partial charge >= 0.3 is 0 Å². The van der Waals surface area contributed by atoms with E-state index in [2.05, 4.69) is 10.6 Å². The van der Waals surface area contributed by atoms with Gasteiger partial charge in [-0.1, -0.05) is 0 Å². The average molecular weight is 144 g/mol. The third kappa shape index (κ3) is 0.974. The molecule has 2 aliphatic heterocycles. The molecule has 0 aromatic rings. The smallest absolute Gasteiger partial charge is 0.0489 e. The Morgan fingerprint density at radius 1 is 1.22 bits per heavy atom. The molecular formula is C6H12N2S. The molecule has 0 aromatic heterocycles. The minimum Gasteiger partial charge on any atom is -0.314 e. The number of thioether (sulfide) groups is 1. The molecule has 0 amide bonds. The zero-order valence-corrected chi connectivity index (χ0v) is 6.26. The maximum absolute atomic E-state index is 3.55. The van der Waals surface area contributed by atoms with Gasteiger partial charge in [0.2, 0.25) is 0 Å². The zero-order chi connectivity index (χ0) is 6.16. The van der Waals surface area contributed by atoms with Crippen LogP contribution in [0, 0.1) is 0 Å². The van der Waals surface area contributed by atoms with E-state index >= 15 is 0 Å². The highest BCUT2D eigenvalue weighted by Crippen LogP contribution is 2.29. The molecule has 0 bridgehead atoms. The Morgan fingerprint density at radius 2 is 2.11 bits per heavy atom. The highest BCUT2D eigenvalue weighted by Gasteiger charge is 2.38. The molecule has 2 N–H and O–H groups in total. The highest BCUT2D eigenvalue weighted by molar-refractivity contribution is 8.00. The van der Waals surface area contributed by atoms with E-state index in [1.165, 1.54) is 18.1 Å². The predicted octanol–water partition coefficient (Wildman–Crippen LogP) is -0.335. The number of rotatable bonds is 0. The van der Waals surface area contributed by atoms with Gasteiger partial charge in [-0.15, -0.1) is 0 Å². The molecule has 9 heavy (non-hydrogen) atoms. The van der Waals surface area contributed by atoms with Gasteiger partial charge in [-0.25, -0.2) is 0 Å². The minimum absolute atomic E-state index is 0.503. The lowest BCUT2D eigenvalue weighted by atomic mass is 10.0. The lowest BCUT2D eigenvalue weighted by Gasteiger charge is -2.45. The van der Waals surface area contributed by atoms with Crippen LogP contribution in [-0.2, 0) is 0 Å². The van der Waals surface area contributed by atoms with E-state index in [1.54, 1.807) is 0 Å². The third-order valence-electron chi connectivity index (χ3n) is 2.02. The van der Waals surface area contributed by atoms with Gasteiger partial charge in [0.1, 0.15) is 0 Å². The highest BCUT2D eigenvalue weighted by atomic mass is 32.2. The van der Waals surface area contributed by atoms with Gasteiger partial charge in [0, 0.05) is 36.7 Å². The Morgan fingerprint density at radius 3 is 2.44 bits per heavy atom. The van der Waals surface area contributed by atoms with Crippen molar-refractivity contribution >= 4 is 11.8 Å². The SMILES string of the molecule is C1CNC2(CN1)CSC2. The molecule has 2 saturated heterocycles. The summed E-state index contributed by atoms with van der Waals surface area (Å²) in [5, 5.41) is 6.95. The summed E-state index contributed by atoms with van der Waals surface area (Å²) in [5.74, 6) is 2.61. The van der Waals surface area contributed by atoms with Crippen molar-refractivity contribution in [3.8, 4) is 0 Å². The topological polar surface area (TPSA) is 24.1 Å². The van der Waals surface area contributed by atoms with Crippen molar-refractivity contribution in [3.05, 3.63) is 0 Å². The van der Waals surface area contributed by atoms with Crippen LogP contribution in [0.15, 0.2) is 0 Å². The molecule has 2 fully saturated rings. The van der Waals surface area contributed by atoms with Crippen molar-refractivity contribution in [1.82, 2.24) is 10.6 Å². The molecule has 2 aliphatic rings. The zero-order valence-electron chi connectivity index (χ0n) is 5.44. The summed E-state index contributed by atoms with van der Waals surface area (Å²) in [5.41, 5.74) is 0.503. The van der Waals surface area contributed by atoms with Gasteiger partial charge < -0.3 is 10.6 Å². The Bertz CT molecular complexity index is 104. The fraction of sp³-hybridized carbons (Fsp3) is 1.00. The fourth-order valence-electron chi connectivity index (χ4n) is 1.36. The Hall–Kier alpha value is 0.270. The van der Waals surface area contributed by atoms with Crippen LogP contribution in [0.4, 0.5) is 0 Å². The second-order valence-electron chi connectivity index (χ2n) is 2.88. The van der Waals surface area contributed by atoms with Gasteiger partial charge in [-0.05, 0) is 0 Å². The summed E-state index contributed by atoms with van der Waals surface area (Å²) in [6, 6.07) is 0. The summed E-state index contributed by atoms with van der Waals surface area (Å²) in [6.07, 6.45) is 0. The monoisotopic (exact) mass is 144 g/mol. The normalized spacial score (nSPS) is 32.0. The lowest BCUT2D eigenvalue weighted by Crippen LogP contribution is -2.66. The number of hydrogen-bond acceptors (Lipinski definition) is 3. The van der Waals surface area contributed by atoms with Crippen LogP contribution >= 0.6 is 11.8 Å². The lowest BCUT2D eigenvalue weighted by molar-refractivity contribution is 0.320. The molecule has 0 radical (unpaired) electrons. The molecule has 0 saturated carbocycles. The first-order valence-corrected chi connectivity index (χ1v) is 4.60. The second kappa shape index (κ2) is 2.15. The van der Waals surface area contributed by atoms with E-state index in [1.807, 2.05) is 11.8 Å². The van der Waals surface area contributed by atoms with Crippen LogP contribution in [0.5, 0.6) is 0 Å². The van der Waals surface area contributed by atoms with E-state index in [0.717, 1.165) is 13.1 Å². The number of nitrogens with one attached hydrogen (secondary N) is 2. The van der Waals surface area contributed by atoms with Crippen LogP contribution in [0.1, 0.15) is 0 Å². The molecule has 0 atom stereocenters. The molecule has 2 nitrogen and oxygen atoms in total. The fourth-order valence-corrected chi connectivity index (χ4v) is 2.46. The molecule has 0 unspecified atom stereocenters. The molecule has 2 rings (SSSR count). The van der Waals surface area contributed by atoms with Gasteiger partial charge in [-0.2, -0.15) is 11.8 Å². The van der Waals surface area contributed by atoms with E-state index < -0.39 is 0 Å². The van der Waals surface area contributed by atoms with Crippen LogP contribution in [0.2, 0.25) is 0 Å². The molecule has 1 spiro atoms. The number of hydrogen-bond donors (Lipinski definition) is 2. The minimum atomic E-state index is 0.503. The van der Waals surface area contributed by atoms with Crippen molar-refractivity contribution in [2.24, 2.45) is 0 Å². The van der Waals surface area contributed by atoms with E-state index in [0.29, 0.717) is 5.54 Å². The van der Waals surface area contributed by atoms with Crippen molar-refractivity contribution < 1.29 is 0 Å². The summed E-state index contributed by atoms with van der Waals surface area (Å²) >= 11 is 2.04. The standard InChI is InChI=1S/C6H12N2S/c1-2-8-6(3-7-1)4-9-5-6/h7-8H,1-5H2. The molecule has 0 aromatic carbocycles. The third-order valence-corrected chi connectivity index (χ3v) is 3.54. The predicted molar refractivity (Wildman–Crippen MR) is 40.9 cm³/mol. The first-order valence-electron chi connectivity index (χ1n) is 3.45. The molecular weight excluding hydrogens is 132 g/mol. The van der Waals surface area contributed by atoms with Gasteiger partial charge in [0.25, 0.3) is 0 Å². The molecule has 52 valence electrons. The van der Waals surface area contributed by atoms with Crippen LogP contribution < -0.4 is 10.6 Å². The Labute approximate surface area is 59.8 Å². The first kappa shape index (κ1) is 6.01. The second-order valence-corrected chi connectivity index (χ2v) is 3.86. The maximum Gasteiger partial charge on any atom is 0.0489 e. The van der Waals surface area contributed by atoms with Crippen molar-refractivity contribution in [1.29, 1.82) is 0 Å². The largest absolute Gasteiger partial charge is 0.314 e.